The van der Waals surface area contributed by atoms with Crippen molar-refractivity contribution in [2.75, 3.05) is 24.3 Å². The van der Waals surface area contributed by atoms with Crippen LogP contribution in [-0.2, 0) is 20.8 Å². The number of hydrogen-bond donors (Lipinski definition) is 1. The molecule has 1 aromatic carbocycles. The Hall–Kier alpha value is -3.42. The monoisotopic (exact) mass is 610 g/mol. The number of aromatic nitrogens is 3. The number of esters is 2. The minimum atomic E-state index is -0.652. The fraction of sp³-hybridized carbons (Fsp3) is 0.346. The maximum Gasteiger partial charge on any atom is 0.348 e. The summed E-state index contributed by atoms with van der Waals surface area (Å²) in [5.41, 5.74) is 0.478. The van der Waals surface area contributed by atoms with Crippen LogP contribution in [0.15, 0.2) is 36.0 Å². The molecule has 14 heteroatoms. The van der Waals surface area contributed by atoms with Crippen molar-refractivity contribution in [2.24, 2.45) is 0 Å². The predicted octanol–water partition coefficient (Wildman–Crippen LogP) is 5.85. The molecule has 10 nitrogen and oxygen atoms in total. The van der Waals surface area contributed by atoms with Gasteiger partial charge in [-0.2, -0.15) is 0 Å². The highest BCUT2D eigenvalue weighted by Gasteiger charge is 2.28. The number of hydrogen-bond acceptors (Lipinski definition) is 10. The quantitative estimate of drug-likeness (QED) is 0.144. The van der Waals surface area contributed by atoms with E-state index in [0.29, 0.717) is 23.1 Å². The van der Waals surface area contributed by atoms with E-state index in [4.69, 9.17) is 25.8 Å². The first-order valence-corrected chi connectivity index (χ1v) is 14.3. The molecule has 0 saturated heterocycles. The number of carbonyl (C=O) groups excluding carboxylic acids is 3. The van der Waals surface area contributed by atoms with Crippen molar-refractivity contribution in [1.82, 2.24) is 14.8 Å². The summed E-state index contributed by atoms with van der Waals surface area (Å²) in [6.45, 7) is 11.1. The van der Waals surface area contributed by atoms with E-state index in [1.165, 1.54) is 12.1 Å². The van der Waals surface area contributed by atoms with Crippen LogP contribution < -0.4 is 10.1 Å². The summed E-state index contributed by atoms with van der Waals surface area (Å²) < 4.78 is 31.2. The molecule has 1 unspecified atom stereocenters. The second-order valence-electron chi connectivity index (χ2n) is 8.11. The Kier molecular flexibility index (Phi) is 11.1. The molecule has 0 spiro atoms. The topological polar surface area (TPSA) is 122 Å². The molecule has 40 heavy (non-hydrogen) atoms. The summed E-state index contributed by atoms with van der Waals surface area (Å²) in [4.78, 5) is 38.1. The molecule has 3 aromatic rings. The molecule has 0 radical (unpaired) electrons. The van der Waals surface area contributed by atoms with E-state index >= 15 is 0 Å². The van der Waals surface area contributed by atoms with Crippen LogP contribution in [0.25, 0.3) is 0 Å². The van der Waals surface area contributed by atoms with Crippen LogP contribution in [0, 0.1) is 12.7 Å². The molecule has 1 amide bonds. The molecule has 1 atom stereocenters. The first-order chi connectivity index (χ1) is 19.1. The van der Waals surface area contributed by atoms with Crippen molar-refractivity contribution >= 4 is 57.5 Å². The molecule has 2 heterocycles. The Labute approximate surface area is 243 Å². The van der Waals surface area contributed by atoms with E-state index in [1.54, 1.807) is 38.3 Å². The van der Waals surface area contributed by atoms with Crippen molar-refractivity contribution in [1.29, 1.82) is 0 Å². The summed E-state index contributed by atoms with van der Waals surface area (Å²) >= 11 is 8.14. The second kappa shape index (κ2) is 14.3. The summed E-state index contributed by atoms with van der Waals surface area (Å²) in [5.74, 6) is -1.52. The molecule has 0 aliphatic heterocycles. The van der Waals surface area contributed by atoms with Crippen LogP contribution in [0.3, 0.4) is 0 Å². The Morgan fingerprint density at radius 2 is 1.93 bits per heavy atom. The number of anilines is 1. The fourth-order valence-electron chi connectivity index (χ4n) is 3.56. The van der Waals surface area contributed by atoms with Gasteiger partial charge in [-0.05, 0) is 51.5 Å². The summed E-state index contributed by atoms with van der Waals surface area (Å²) in [5, 5.41) is 11.8. The van der Waals surface area contributed by atoms with E-state index in [2.05, 4.69) is 22.1 Å². The van der Waals surface area contributed by atoms with Gasteiger partial charge >= 0.3 is 11.9 Å². The fourth-order valence-corrected chi connectivity index (χ4v) is 5.63. The predicted molar refractivity (Wildman–Crippen MR) is 151 cm³/mol. The first kappa shape index (κ1) is 31.1. The van der Waals surface area contributed by atoms with Gasteiger partial charge in [0.15, 0.2) is 17.1 Å². The second-order valence-corrected chi connectivity index (χ2v) is 10.5. The standard InChI is InChI=1S/C26H28ClFN4O6S2/c1-6-11-32-22(15(5)38-18-10-9-16(28)12-17(18)27)30-31-26(32)39-13-19(33)29-23-20(24(34)36-7-2)14(4)21(40-23)25(35)37-8-3/h6,9-10,12,15H,1,7-8,11,13H2,2-5H3,(H,29,33). The van der Waals surface area contributed by atoms with Crippen LogP contribution >= 0.6 is 34.7 Å². The minimum absolute atomic E-state index is 0.0811. The molecule has 0 bridgehead atoms. The number of benzene rings is 1. The van der Waals surface area contributed by atoms with Crippen LogP contribution in [0.1, 0.15) is 58.3 Å². The number of nitrogens with one attached hydrogen (secondary N) is 1. The Balaban J connectivity index is 1.77. The average molecular weight is 611 g/mol. The zero-order valence-electron chi connectivity index (χ0n) is 22.3. The lowest BCUT2D eigenvalue weighted by molar-refractivity contribution is -0.113. The number of ether oxygens (including phenoxy) is 3. The van der Waals surface area contributed by atoms with Gasteiger partial charge in [0.05, 0.1) is 29.6 Å². The number of amides is 1. The van der Waals surface area contributed by atoms with Gasteiger partial charge in [0.25, 0.3) is 0 Å². The average Bonchev–Trinajstić information content (AvgIpc) is 3.45. The van der Waals surface area contributed by atoms with Gasteiger partial charge in [-0.1, -0.05) is 29.4 Å². The molecule has 0 fully saturated rings. The lowest BCUT2D eigenvalue weighted by Crippen LogP contribution is -2.17. The van der Waals surface area contributed by atoms with Gasteiger partial charge in [0.2, 0.25) is 5.91 Å². The number of carbonyl (C=O) groups is 3. The highest BCUT2D eigenvalue weighted by atomic mass is 35.5. The molecular weight excluding hydrogens is 583 g/mol. The van der Waals surface area contributed by atoms with Crippen molar-refractivity contribution in [3.63, 3.8) is 0 Å². The zero-order valence-corrected chi connectivity index (χ0v) is 24.7. The lowest BCUT2D eigenvalue weighted by Gasteiger charge is -2.16. The largest absolute Gasteiger partial charge is 0.481 e. The van der Waals surface area contributed by atoms with Crippen molar-refractivity contribution in [3.05, 3.63) is 63.5 Å². The smallest absolute Gasteiger partial charge is 0.348 e. The highest BCUT2D eigenvalue weighted by molar-refractivity contribution is 7.99. The van der Waals surface area contributed by atoms with E-state index in [0.717, 1.165) is 29.2 Å². The number of thiophene rings is 1. The van der Waals surface area contributed by atoms with Crippen LogP contribution in [-0.4, -0.2) is 51.6 Å². The van der Waals surface area contributed by atoms with Crippen molar-refractivity contribution < 1.29 is 33.0 Å². The van der Waals surface area contributed by atoms with Gasteiger partial charge in [-0.25, -0.2) is 14.0 Å². The third-order valence-electron chi connectivity index (χ3n) is 5.29. The summed E-state index contributed by atoms with van der Waals surface area (Å²) in [7, 11) is 0. The molecule has 0 saturated carbocycles. The Morgan fingerprint density at radius 1 is 1.23 bits per heavy atom. The van der Waals surface area contributed by atoms with Crippen LogP contribution in [0.5, 0.6) is 5.75 Å². The number of thioether (sulfide) groups is 1. The minimum Gasteiger partial charge on any atom is -0.481 e. The molecule has 1 N–H and O–H groups in total. The van der Waals surface area contributed by atoms with Gasteiger partial charge in [-0.15, -0.1) is 28.1 Å². The molecule has 3 rings (SSSR count). The molecule has 214 valence electrons. The van der Waals surface area contributed by atoms with Crippen molar-refractivity contribution in [3.8, 4) is 5.75 Å². The maximum absolute atomic E-state index is 13.4. The van der Waals surface area contributed by atoms with Gasteiger partial charge < -0.3 is 19.5 Å². The molecular formula is C26H28ClFN4O6S2. The SMILES string of the molecule is C=CCn1c(SCC(=O)Nc2sc(C(=O)OCC)c(C)c2C(=O)OCC)nnc1C(C)Oc1ccc(F)cc1Cl. The Morgan fingerprint density at radius 3 is 2.58 bits per heavy atom. The third kappa shape index (κ3) is 7.40. The summed E-state index contributed by atoms with van der Waals surface area (Å²) in [6, 6.07) is 3.81. The van der Waals surface area contributed by atoms with E-state index in [9.17, 15) is 18.8 Å². The number of allylic oxidation sites excluding steroid dienone is 1. The Bertz CT molecular complexity index is 1410. The first-order valence-electron chi connectivity index (χ1n) is 12.2. The normalized spacial score (nSPS) is 11.6. The third-order valence-corrected chi connectivity index (χ3v) is 7.74. The van der Waals surface area contributed by atoms with Gasteiger partial charge in [0, 0.05) is 6.54 Å². The van der Waals surface area contributed by atoms with Crippen molar-refractivity contribution in [2.45, 2.75) is 45.5 Å². The number of nitrogens with zero attached hydrogens (tertiary/aromatic N) is 3. The number of halogens is 2. The number of rotatable bonds is 13. The van der Waals surface area contributed by atoms with E-state index in [-0.39, 0.29) is 45.2 Å². The van der Waals surface area contributed by atoms with E-state index < -0.39 is 29.8 Å². The van der Waals surface area contributed by atoms with Crippen LogP contribution in [0.2, 0.25) is 5.02 Å². The van der Waals surface area contributed by atoms with Gasteiger partial charge in [0.1, 0.15) is 21.4 Å². The molecule has 0 aliphatic carbocycles. The molecule has 2 aromatic heterocycles. The zero-order chi connectivity index (χ0) is 29.4. The molecule has 0 aliphatic rings. The van der Waals surface area contributed by atoms with Crippen LogP contribution in [0.4, 0.5) is 9.39 Å². The maximum atomic E-state index is 13.4. The lowest BCUT2D eigenvalue weighted by atomic mass is 10.1. The highest BCUT2D eigenvalue weighted by Crippen LogP contribution is 2.35. The van der Waals surface area contributed by atoms with E-state index in [1.807, 2.05) is 0 Å². The van der Waals surface area contributed by atoms with Gasteiger partial charge in [-0.3, -0.25) is 9.36 Å². The summed E-state index contributed by atoms with van der Waals surface area (Å²) in [6.07, 6.45) is 1.03.